The second-order valence-corrected chi connectivity index (χ2v) is 6.31. The fourth-order valence-electron chi connectivity index (χ4n) is 2.45. The van der Waals surface area contributed by atoms with Crippen LogP contribution in [0.1, 0.15) is 21.9 Å². The lowest BCUT2D eigenvalue weighted by molar-refractivity contribution is 0.102. The topological polar surface area (TPSA) is 84.8 Å². The third kappa shape index (κ3) is 3.24. The second-order valence-electron chi connectivity index (χ2n) is 5.36. The highest BCUT2D eigenvalue weighted by Gasteiger charge is 2.17. The largest absolute Gasteiger partial charge is 0.383 e. The Labute approximate surface area is 143 Å². The van der Waals surface area contributed by atoms with Crippen molar-refractivity contribution in [2.45, 2.75) is 20.4 Å². The number of nitrogens with zero attached hydrogens (tertiary/aromatic N) is 3. The van der Waals surface area contributed by atoms with E-state index in [1.165, 1.54) is 0 Å². The number of anilines is 1. The molecule has 126 valence electrons. The molecule has 0 saturated heterocycles. The molecule has 8 heteroatoms. The van der Waals surface area contributed by atoms with Crippen LogP contribution in [0.4, 0.5) is 5.69 Å². The molecule has 3 rings (SSSR count). The Kier molecular flexibility index (Phi) is 4.77. The molecule has 2 N–H and O–H groups in total. The minimum Gasteiger partial charge on any atom is -0.383 e. The number of carbonyl (C=O) groups excluding carboxylic acids is 1. The van der Waals surface area contributed by atoms with Gasteiger partial charge in [0.15, 0.2) is 5.69 Å². The van der Waals surface area contributed by atoms with Crippen molar-refractivity contribution >= 4 is 22.9 Å². The average molecular weight is 345 g/mol. The maximum atomic E-state index is 12.5. The maximum Gasteiger partial charge on any atom is 0.276 e. The minimum atomic E-state index is -0.258. The van der Waals surface area contributed by atoms with Crippen LogP contribution >= 0.6 is 11.3 Å². The zero-order valence-corrected chi connectivity index (χ0v) is 14.6. The molecule has 0 aliphatic heterocycles. The lowest BCUT2D eigenvalue weighted by Gasteiger charge is -2.05. The number of aromatic nitrogens is 4. The molecular weight excluding hydrogens is 326 g/mol. The molecule has 3 aromatic rings. The van der Waals surface area contributed by atoms with Crippen LogP contribution in [0.15, 0.2) is 23.6 Å². The van der Waals surface area contributed by atoms with E-state index in [1.54, 1.807) is 24.5 Å². The van der Waals surface area contributed by atoms with Gasteiger partial charge < -0.3 is 10.1 Å². The zero-order chi connectivity index (χ0) is 17.1. The highest BCUT2D eigenvalue weighted by atomic mass is 32.1. The molecule has 3 heterocycles. The summed E-state index contributed by atoms with van der Waals surface area (Å²) >= 11 is 1.59. The van der Waals surface area contributed by atoms with Crippen LogP contribution in [0.5, 0.6) is 0 Å². The highest BCUT2D eigenvalue weighted by molar-refractivity contribution is 7.13. The molecule has 0 aliphatic rings. The lowest BCUT2D eigenvalue weighted by Crippen LogP contribution is -2.14. The number of carbonyl (C=O) groups is 1. The van der Waals surface area contributed by atoms with E-state index in [2.05, 4.69) is 20.6 Å². The van der Waals surface area contributed by atoms with E-state index in [9.17, 15) is 4.79 Å². The number of rotatable bonds is 6. The Hall–Kier alpha value is -2.45. The van der Waals surface area contributed by atoms with E-state index in [0.717, 1.165) is 27.6 Å². The van der Waals surface area contributed by atoms with Crippen molar-refractivity contribution in [3.63, 3.8) is 0 Å². The monoisotopic (exact) mass is 345 g/mol. The summed E-state index contributed by atoms with van der Waals surface area (Å²) in [4.78, 5) is 13.5. The van der Waals surface area contributed by atoms with Gasteiger partial charge in [0, 0.05) is 7.11 Å². The van der Waals surface area contributed by atoms with Crippen LogP contribution in [0.25, 0.3) is 10.6 Å². The second kappa shape index (κ2) is 6.98. The summed E-state index contributed by atoms with van der Waals surface area (Å²) < 4.78 is 6.91. The van der Waals surface area contributed by atoms with Crippen molar-refractivity contribution in [1.82, 2.24) is 20.0 Å². The van der Waals surface area contributed by atoms with Crippen LogP contribution in [0.2, 0.25) is 0 Å². The normalized spacial score (nSPS) is 11.0. The summed E-state index contributed by atoms with van der Waals surface area (Å²) in [6.07, 6.45) is 0. The summed E-state index contributed by atoms with van der Waals surface area (Å²) in [5, 5.41) is 16.3. The molecular formula is C16H19N5O2S. The van der Waals surface area contributed by atoms with Crippen molar-refractivity contribution in [1.29, 1.82) is 0 Å². The molecule has 0 fully saturated rings. The smallest absolute Gasteiger partial charge is 0.276 e. The zero-order valence-electron chi connectivity index (χ0n) is 13.8. The van der Waals surface area contributed by atoms with Gasteiger partial charge in [-0.3, -0.25) is 14.6 Å². The predicted octanol–water partition coefficient (Wildman–Crippen LogP) is 2.85. The minimum absolute atomic E-state index is 0.258. The SMILES string of the molecule is COCCn1nc(C)c(NC(=O)c2cc(-c3cccs3)[nH]n2)c1C. The molecule has 0 aromatic carbocycles. The van der Waals surface area contributed by atoms with E-state index in [1.807, 2.05) is 36.0 Å². The van der Waals surface area contributed by atoms with Crippen LogP contribution in [0, 0.1) is 13.8 Å². The van der Waals surface area contributed by atoms with Gasteiger partial charge in [-0.2, -0.15) is 10.2 Å². The van der Waals surface area contributed by atoms with Crippen molar-refractivity contribution in [2.75, 3.05) is 19.0 Å². The number of ether oxygens (including phenoxy) is 1. The van der Waals surface area contributed by atoms with Crippen molar-refractivity contribution in [3.8, 4) is 10.6 Å². The van der Waals surface area contributed by atoms with Gasteiger partial charge in [0.25, 0.3) is 5.91 Å². The van der Waals surface area contributed by atoms with Crippen LogP contribution in [-0.4, -0.2) is 39.6 Å². The first-order valence-electron chi connectivity index (χ1n) is 7.53. The third-order valence-electron chi connectivity index (χ3n) is 3.72. The average Bonchev–Trinajstić information content (AvgIpc) is 3.29. The van der Waals surface area contributed by atoms with E-state index < -0.39 is 0 Å². The molecule has 7 nitrogen and oxygen atoms in total. The van der Waals surface area contributed by atoms with Gasteiger partial charge in [0.2, 0.25) is 0 Å². The van der Waals surface area contributed by atoms with Crippen LogP contribution in [-0.2, 0) is 11.3 Å². The maximum absolute atomic E-state index is 12.5. The van der Waals surface area contributed by atoms with Crippen molar-refractivity contribution in [3.05, 3.63) is 40.7 Å². The number of methoxy groups -OCH3 is 1. The quantitative estimate of drug-likeness (QED) is 0.719. The van der Waals surface area contributed by atoms with E-state index in [4.69, 9.17) is 4.74 Å². The molecule has 0 spiro atoms. The van der Waals surface area contributed by atoms with Gasteiger partial charge in [-0.15, -0.1) is 11.3 Å². The van der Waals surface area contributed by atoms with E-state index in [-0.39, 0.29) is 5.91 Å². The number of hydrogen-bond acceptors (Lipinski definition) is 5. The highest BCUT2D eigenvalue weighted by Crippen LogP contribution is 2.24. The Morgan fingerprint density at radius 1 is 1.46 bits per heavy atom. The number of aromatic amines is 1. The number of hydrogen-bond donors (Lipinski definition) is 2. The molecule has 0 aliphatic carbocycles. The molecule has 0 bridgehead atoms. The molecule has 0 unspecified atom stereocenters. The first kappa shape index (κ1) is 16.4. The summed E-state index contributed by atoms with van der Waals surface area (Å²) in [7, 11) is 1.65. The first-order chi connectivity index (χ1) is 11.6. The standard InChI is InChI=1S/C16H19N5O2S/c1-10-15(11(2)21(20-10)6-7-23-3)17-16(22)13-9-12(18-19-13)14-5-4-8-24-14/h4-5,8-9H,6-7H2,1-3H3,(H,17,22)(H,18,19). The Morgan fingerprint density at radius 2 is 2.29 bits per heavy atom. The van der Waals surface area contributed by atoms with Gasteiger partial charge in [0.05, 0.1) is 40.8 Å². The summed E-state index contributed by atoms with van der Waals surface area (Å²) in [5.41, 5.74) is 3.57. The van der Waals surface area contributed by atoms with E-state index >= 15 is 0 Å². The Balaban J connectivity index is 1.77. The van der Waals surface area contributed by atoms with Gasteiger partial charge >= 0.3 is 0 Å². The van der Waals surface area contributed by atoms with Crippen molar-refractivity contribution < 1.29 is 9.53 Å². The fourth-order valence-corrected chi connectivity index (χ4v) is 3.14. The van der Waals surface area contributed by atoms with Crippen molar-refractivity contribution in [2.24, 2.45) is 0 Å². The van der Waals surface area contributed by atoms with Crippen LogP contribution in [0.3, 0.4) is 0 Å². The molecule has 1 amide bonds. The Morgan fingerprint density at radius 3 is 3.00 bits per heavy atom. The molecule has 0 saturated carbocycles. The predicted molar refractivity (Wildman–Crippen MR) is 93.4 cm³/mol. The fraction of sp³-hybridized carbons (Fsp3) is 0.312. The number of nitrogens with one attached hydrogen (secondary N) is 2. The van der Waals surface area contributed by atoms with Gasteiger partial charge in [-0.05, 0) is 31.4 Å². The van der Waals surface area contributed by atoms with Gasteiger partial charge in [-0.1, -0.05) is 6.07 Å². The van der Waals surface area contributed by atoms with Crippen LogP contribution < -0.4 is 5.32 Å². The first-order valence-corrected chi connectivity index (χ1v) is 8.41. The molecule has 3 aromatic heterocycles. The number of aryl methyl sites for hydroxylation is 1. The molecule has 0 atom stereocenters. The number of H-pyrrole nitrogens is 1. The van der Waals surface area contributed by atoms with Gasteiger partial charge in [0.1, 0.15) is 0 Å². The number of thiophene rings is 1. The summed E-state index contributed by atoms with van der Waals surface area (Å²) in [6.45, 7) is 5.00. The van der Waals surface area contributed by atoms with Gasteiger partial charge in [-0.25, -0.2) is 0 Å². The summed E-state index contributed by atoms with van der Waals surface area (Å²) in [6, 6.07) is 5.69. The summed E-state index contributed by atoms with van der Waals surface area (Å²) in [5.74, 6) is -0.258. The number of amides is 1. The van der Waals surface area contributed by atoms with E-state index in [0.29, 0.717) is 18.8 Å². The third-order valence-corrected chi connectivity index (χ3v) is 4.63. The Bertz CT molecular complexity index is 835. The lowest BCUT2D eigenvalue weighted by atomic mass is 10.2. The molecule has 24 heavy (non-hydrogen) atoms. The molecule has 0 radical (unpaired) electrons.